The molecule has 1 amide bonds. The van der Waals surface area contributed by atoms with E-state index in [4.69, 9.17) is 5.11 Å². The summed E-state index contributed by atoms with van der Waals surface area (Å²) in [5, 5.41) is 11.5. The number of para-hydroxylation sites is 1. The first-order valence-electron chi connectivity index (χ1n) is 8.53. The minimum atomic E-state index is -1.48. The molecule has 1 aliphatic heterocycles. The molecule has 3 rings (SSSR count). The first kappa shape index (κ1) is 18.7. The van der Waals surface area contributed by atoms with E-state index in [1.54, 1.807) is 24.3 Å². The van der Waals surface area contributed by atoms with Crippen molar-refractivity contribution in [3.8, 4) is 0 Å². The van der Waals surface area contributed by atoms with Gasteiger partial charge in [-0.2, -0.15) is 0 Å². The number of benzene rings is 1. The van der Waals surface area contributed by atoms with E-state index >= 15 is 0 Å². The van der Waals surface area contributed by atoms with Gasteiger partial charge in [-0.05, 0) is 25.0 Å². The van der Waals surface area contributed by atoms with Crippen LogP contribution in [0.25, 0.3) is 10.9 Å². The van der Waals surface area contributed by atoms with E-state index in [-0.39, 0.29) is 5.56 Å². The summed E-state index contributed by atoms with van der Waals surface area (Å²) in [5.74, 6) is -2.60. The van der Waals surface area contributed by atoms with Gasteiger partial charge < -0.3 is 10.4 Å². The normalized spacial score (nSPS) is 17.1. The molecule has 0 aliphatic carbocycles. The molecule has 2 aromatic rings. The maximum atomic E-state index is 12.9. The monoisotopic (exact) mass is 375 g/mol. The molecule has 8 nitrogen and oxygen atoms in total. The van der Waals surface area contributed by atoms with Gasteiger partial charge in [0.25, 0.3) is 5.56 Å². The van der Waals surface area contributed by atoms with Crippen molar-refractivity contribution in [1.82, 2.24) is 14.9 Å². The number of carbonyl (C=O) groups is 3. The number of rotatable bonds is 6. The summed E-state index contributed by atoms with van der Waals surface area (Å²) in [6.07, 6.45) is 0.733. The Morgan fingerprint density at radius 2 is 2.07 bits per heavy atom. The summed E-state index contributed by atoms with van der Waals surface area (Å²) >= 11 is 0. The van der Waals surface area contributed by atoms with Crippen molar-refractivity contribution in [1.29, 1.82) is 0 Å². The Hall–Kier alpha value is -3.10. The molecule has 0 saturated carbocycles. The lowest BCUT2D eigenvalue weighted by Gasteiger charge is -2.28. The lowest BCUT2D eigenvalue weighted by atomic mass is 10.0. The van der Waals surface area contributed by atoms with Crippen LogP contribution in [0.15, 0.2) is 29.1 Å². The standard InChI is InChI=1S/C18H18FN3O5/c19-9-14(23)12(8-16(24)25)21-17(26)13-6-3-7-15-20-11-5-2-1-4-10(11)18(27)22(13)15/h1-2,4-5,12-13H,3,6-9H2,(H,21,26)(H,24,25)/t12-,13-/m0/s1. The van der Waals surface area contributed by atoms with Gasteiger partial charge in [-0.3, -0.25) is 23.7 Å². The molecule has 2 heterocycles. The zero-order valence-electron chi connectivity index (χ0n) is 14.4. The summed E-state index contributed by atoms with van der Waals surface area (Å²) in [7, 11) is 0. The van der Waals surface area contributed by atoms with Crippen LogP contribution in [0.2, 0.25) is 0 Å². The number of nitrogens with one attached hydrogen (secondary N) is 1. The number of carboxylic acids is 1. The fraction of sp³-hybridized carbons (Fsp3) is 0.389. The SMILES string of the molecule is O=C(O)C[C@H](NC(=O)[C@@H]1CCCc2nc3ccccc3c(=O)n21)C(=O)CF. The Morgan fingerprint density at radius 1 is 1.33 bits per heavy atom. The molecule has 9 heteroatoms. The highest BCUT2D eigenvalue weighted by Gasteiger charge is 2.32. The molecular formula is C18H18FN3O5. The molecule has 1 aromatic carbocycles. The van der Waals surface area contributed by atoms with Gasteiger partial charge in [0, 0.05) is 6.42 Å². The van der Waals surface area contributed by atoms with Crippen LogP contribution in [0, 0.1) is 0 Å². The van der Waals surface area contributed by atoms with Crippen LogP contribution in [0.5, 0.6) is 0 Å². The Bertz CT molecular complexity index is 971. The summed E-state index contributed by atoms with van der Waals surface area (Å²) in [5.41, 5.74) is 0.160. The van der Waals surface area contributed by atoms with Gasteiger partial charge in [0.1, 0.15) is 24.6 Å². The molecule has 2 N–H and O–H groups in total. The molecule has 1 aliphatic rings. The molecule has 0 bridgehead atoms. The zero-order chi connectivity index (χ0) is 19.6. The number of fused-ring (bicyclic) bond motifs is 2. The van der Waals surface area contributed by atoms with E-state index in [9.17, 15) is 23.6 Å². The third-order valence-electron chi connectivity index (χ3n) is 4.59. The quantitative estimate of drug-likeness (QED) is 0.770. The van der Waals surface area contributed by atoms with Crippen molar-refractivity contribution >= 4 is 28.6 Å². The van der Waals surface area contributed by atoms with E-state index in [1.807, 2.05) is 0 Å². The van der Waals surface area contributed by atoms with Gasteiger partial charge in [0.15, 0.2) is 5.78 Å². The van der Waals surface area contributed by atoms with E-state index in [0.717, 1.165) is 0 Å². The minimum absolute atomic E-state index is 0.336. The summed E-state index contributed by atoms with van der Waals surface area (Å²) in [6.45, 7) is -1.38. The number of aromatic nitrogens is 2. The van der Waals surface area contributed by atoms with Crippen molar-refractivity contribution in [2.75, 3.05) is 6.67 Å². The molecule has 0 spiro atoms. The highest BCUT2D eigenvalue weighted by molar-refractivity contribution is 5.93. The number of Topliss-reactive ketones (excluding diaryl/α,β-unsaturated/α-hetero) is 1. The molecule has 27 heavy (non-hydrogen) atoms. The second kappa shape index (κ2) is 7.65. The lowest BCUT2D eigenvalue weighted by molar-refractivity contribution is -0.140. The zero-order valence-corrected chi connectivity index (χ0v) is 14.4. The van der Waals surface area contributed by atoms with Gasteiger partial charge in [-0.25, -0.2) is 9.37 Å². The predicted octanol–water partition coefficient (Wildman–Crippen LogP) is 0.772. The highest BCUT2D eigenvalue weighted by Crippen LogP contribution is 2.24. The Morgan fingerprint density at radius 3 is 2.78 bits per heavy atom. The minimum Gasteiger partial charge on any atom is -0.481 e. The first-order chi connectivity index (χ1) is 12.9. The van der Waals surface area contributed by atoms with Crippen molar-refractivity contribution in [3.63, 3.8) is 0 Å². The van der Waals surface area contributed by atoms with Gasteiger partial charge in [0.2, 0.25) is 5.91 Å². The largest absolute Gasteiger partial charge is 0.481 e. The van der Waals surface area contributed by atoms with Crippen LogP contribution < -0.4 is 10.9 Å². The highest BCUT2D eigenvalue weighted by atomic mass is 19.1. The fourth-order valence-corrected chi connectivity index (χ4v) is 3.30. The van der Waals surface area contributed by atoms with Gasteiger partial charge in [-0.1, -0.05) is 12.1 Å². The van der Waals surface area contributed by atoms with E-state index < -0.39 is 42.8 Å². The summed E-state index contributed by atoms with van der Waals surface area (Å²) in [6, 6.07) is 4.37. The van der Waals surface area contributed by atoms with Gasteiger partial charge in [0.05, 0.1) is 17.3 Å². The number of carboxylic acid groups (broad SMARTS) is 1. The smallest absolute Gasteiger partial charge is 0.305 e. The number of amides is 1. The van der Waals surface area contributed by atoms with E-state index in [2.05, 4.69) is 10.3 Å². The van der Waals surface area contributed by atoms with Crippen molar-refractivity contribution in [2.45, 2.75) is 37.8 Å². The second-order valence-electron chi connectivity index (χ2n) is 6.39. The Kier molecular flexibility index (Phi) is 5.29. The van der Waals surface area contributed by atoms with Crippen LogP contribution in [0.3, 0.4) is 0 Å². The number of aryl methyl sites for hydroxylation is 1. The van der Waals surface area contributed by atoms with Gasteiger partial charge in [-0.15, -0.1) is 0 Å². The molecule has 2 atom stereocenters. The molecule has 0 fully saturated rings. The maximum Gasteiger partial charge on any atom is 0.305 e. The molecule has 0 saturated heterocycles. The Labute approximate surface area is 153 Å². The van der Waals surface area contributed by atoms with Crippen molar-refractivity contribution < 1.29 is 23.9 Å². The molecular weight excluding hydrogens is 357 g/mol. The average molecular weight is 375 g/mol. The number of aliphatic carboxylic acids is 1. The Balaban J connectivity index is 1.96. The molecule has 142 valence electrons. The number of hydrogen-bond acceptors (Lipinski definition) is 5. The maximum absolute atomic E-state index is 12.9. The number of halogens is 1. The molecule has 0 unspecified atom stereocenters. The van der Waals surface area contributed by atoms with E-state index in [0.29, 0.717) is 36.0 Å². The first-order valence-corrected chi connectivity index (χ1v) is 8.53. The third-order valence-corrected chi connectivity index (χ3v) is 4.59. The summed E-state index contributed by atoms with van der Waals surface area (Å²) < 4.78 is 14.0. The molecule has 1 aromatic heterocycles. The van der Waals surface area contributed by atoms with Gasteiger partial charge >= 0.3 is 5.97 Å². The van der Waals surface area contributed by atoms with Crippen LogP contribution in [-0.4, -0.2) is 45.0 Å². The van der Waals surface area contributed by atoms with Crippen LogP contribution in [-0.2, 0) is 20.8 Å². The second-order valence-corrected chi connectivity index (χ2v) is 6.39. The number of nitrogens with zero attached hydrogens (tertiary/aromatic N) is 2. The van der Waals surface area contributed by atoms with Crippen molar-refractivity contribution in [2.24, 2.45) is 0 Å². The number of ketones is 1. The topological polar surface area (TPSA) is 118 Å². The average Bonchev–Trinajstić information content (AvgIpc) is 2.66. The summed E-state index contributed by atoms with van der Waals surface area (Å²) in [4.78, 5) is 52.5. The van der Waals surface area contributed by atoms with E-state index in [1.165, 1.54) is 4.57 Å². The molecule has 0 radical (unpaired) electrons. The van der Waals surface area contributed by atoms with Crippen LogP contribution >= 0.6 is 0 Å². The number of carbonyl (C=O) groups excluding carboxylic acids is 2. The van der Waals surface area contributed by atoms with Crippen LogP contribution in [0.1, 0.15) is 31.1 Å². The van der Waals surface area contributed by atoms with Crippen LogP contribution in [0.4, 0.5) is 4.39 Å². The van der Waals surface area contributed by atoms with Crippen molar-refractivity contribution in [3.05, 3.63) is 40.4 Å². The lowest BCUT2D eigenvalue weighted by Crippen LogP contribution is -2.48. The fourth-order valence-electron chi connectivity index (χ4n) is 3.30. The number of alkyl halides is 1. The number of hydrogen-bond donors (Lipinski definition) is 2. The third kappa shape index (κ3) is 3.71. The predicted molar refractivity (Wildman–Crippen MR) is 93.1 cm³/mol.